The zero-order valence-electron chi connectivity index (χ0n) is 11.0. The molecule has 1 aromatic rings. The van der Waals surface area contributed by atoms with Gasteiger partial charge >= 0.3 is 0 Å². The third kappa shape index (κ3) is 2.96. The first kappa shape index (κ1) is 12.6. The molecule has 1 amide bonds. The largest absolute Gasteiger partial charge is 0.391 e. The molecule has 2 aliphatic rings. The van der Waals surface area contributed by atoms with Crippen molar-refractivity contribution in [3.8, 4) is 0 Å². The van der Waals surface area contributed by atoms with Gasteiger partial charge in [0, 0.05) is 18.7 Å². The molecule has 1 heterocycles. The Balaban J connectivity index is 1.62. The molecular formula is C15H20N2O2. The molecule has 4 nitrogen and oxygen atoms in total. The highest BCUT2D eigenvalue weighted by molar-refractivity contribution is 5.94. The van der Waals surface area contributed by atoms with Crippen molar-refractivity contribution in [2.45, 2.75) is 31.9 Å². The summed E-state index contributed by atoms with van der Waals surface area (Å²) in [5.74, 6) is 0.307. The summed E-state index contributed by atoms with van der Waals surface area (Å²) >= 11 is 0. The van der Waals surface area contributed by atoms with E-state index in [1.54, 1.807) is 0 Å². The number of nitrogens with one attached hydrogen (secondary N) is 2. The molecule has 0 spiro atoms. The second-order valence-electron chi connectivity index (χ2n) is 5.53. The maximum Gasteiger partial charge on any atom is 0.251 e. The van der Waals surface area contributed by atoms with Crippen molar-refractivity contribution in [1.29, 1.82) is 0 Å². The summed E-state index contributed by atoms with van der Waals surface area (Å²) in [6.07, 6.45) is 2.81. The number of hydrogen-bond acceptors (Lipinski definition) is 3. The summed E-state index contributed by atoms with van der Waals surface area (Å²) < 4.78 is 0. The Morgan fingerprint density at radius 1 is 1.42 bits per heavy atom. The van der Waals surface area contributed by atoms with Gasteiger partial charge in [-0.15, -0.1) is 0 Å². The predicted molar refractivity (Wildman–Crippen MR) is 72.9 cm³/mol. The Bertz CT molecular complexity index is 483. The fraction of sp³-hybridized carbons (Fsp3) is 0.533. The summed E-state index contributed by atoms with van der Waals surface area (Å²) in [5, 5.41) is 15.9. The summed E-state index contributed by atoms with van der Waals surface area (Å²) in [6, 6.07) is 5.88. The number of hydrogen-bond donors (Lipinski definition) is 3. The molecule has 3 N–H and O–H groups in total. The van der Waals surface area contributed by atoms with E-state index in [0.29, 0.717) is 18.0 Å². The highest BCUT2D eigenvalue weighted by Gasteiger charge is 2.29. The van der Waals surface area contributed by atoms with Crippen LogP contribution in [0.25, 0.3) is 0 Å². The van der Waals surface area contributed by atoms with Crippen LogP contribution < -0.4 is 10.6 Å². The van der Waals surface area contributed by atoms with Crippen LogP contribution in [0.2, 0.25) is 0 Å². The number of benzene rings is 1. The Hall–Kier alpha value is -1.39. The van der Waals surface area contributed by atoms with Crippen molar-refractivity contribution in [2.75, 3.05) is 13.1 Å². The number of carbonyl (C=O) groups excluding carboxylic acids is 1. The van der Waals surface area contributed by atoms with Gasteiger partial charge in [0.15, 0.2) is 0 Å². The highest BCUT2D eigenvalue weighted by Crippen LogP contribution is 2.32. The van der Waals surface area contributed by atoms with Gasteiger partial charge in [0.2, 0.25) is 0 Å². The first-order chi connectivity index (χ1) is 9.24. The average Bonchev–Trinajstić information content (AvgIpc) is 3.28. The molecule has 1 unspecified atom stereocenters. The molecule has 4 heteroatoms. The molecule has 0 saturated heterocycles. The van der Waals surface area contributed by atoms with Crippen molar-refractivity contribution < 1.29 is 9.90 Å². The molecule has 19 heavy (non-hydrogen) atoms. The SMILES string of the molecule is O=C(NCC(O)C1CC1)c1ccc2c(c1)CNCC2. The van der Waals surface area contributed by atoms with E-state index in [9.17, 15) is 9.90 Å². The smallest absolute Gasteiger partial charge is 0.251 e. The number of aliphatic hydroxyl groups excluding tert-OH is 1. The number of aliphatic hydroxyl groups is 1. The third-order valence-corrected chi connectivity index (χ3v) is 3.99. The quantitative estimate of drug-likeness (QED) is 0.751. The van der Waals surface area contributed by atoms with Gasteiger partial charge in [-0.25, -0.2) is 0 Å². The van der Waals surface area contributed by atoms with Gasteiger partial charge in [0.1, 0.15) is 0 Å². The van der Waals surface area contributed by atoms with E-state index in [1.807, 2.05) is 18.2 Å². The maximum absolute atomic E-state index is 12.0. The van der Waals surface area contributed by atoms with Crippen LogP contribution in [0.4, 0.5) is 0 Å². The molecule has 1 saturated carbocycles. The Labute approximate surface area is 113 Å². The van der Waals surface area contributed by atoms with Gasteiger partial charge in [-0.3, -0.25) is 4.79 Å². The molecular weight excluding hydrogens is 240 g/mol. The fourth-order valence-electron chi connectivity index (χ4n) is 2.57. The van der Waals surface area contributed by atoms with Gasteiger partial charge in [-0.1, -0.05) is 6.07 Å². The third-order valence-electron chi connectivity index (χ3n) is 3.99. The van der Waals surface area contributed by atoms with E-state index in [1.165, 1.54) is 11.1 Å². The molecule has 3 rings (SSSR count). The first-order valence-corrected chi connectivity index (χ1v) is 7.03. The summed E-state index contributed by atoms with van der Waals surface area (Å²) in [6.45, 7) is 2.20. The van der Waals surface area contributed by atoms with Crippen LogP contribution in [0.5, 0.6) is 0 Å². The van der Waals surface area contributed by atoms with E-state index in [4.69, 9.17) is 0 Å². The first-order valence-electron chi connectivity index (χ1n) is 7.03. The fourth-order valence-corrected chi connectivity index (χ4v) is 2.57. The monoisotopic (exact) mass is 260 g/mol. The zero-order valence-corrected chi connectivity index (χ0v) is 11.0. The van der Waals surface area contributed by atoms with Crippen LogP contribution >= 0.6 is 0 Å². The van der Waals surface area contributed by atoms with E-state index in [-0.39, 0.29) is 12.0 Å². The van der Waals surface area contributed by atoms with Crippen molar-refractivity contribution in [2.24, 2.45) is 5.92 Å². The van der Waals surface area contributed by atoms with E-state index in [0.717, 1.165) is 32.4 Å². The van der Waals surface area contributed by atoms with E-state index in [2.05, 4.69) is 10.6 Å². The lowest BCUT2D eigenvalue weighted by atomic mass is 9.98. The number of carbonyl (C=O) groups is 1. The van der Waals surface area contributed by atoms with Crippen LogP contribution in [-0.2, 0) is 13.0 Å². The molecule has 1 aromatic carbocycles. The Kier molecular flexibility index (Phi) is 3.53. The number of amides is 1. The zero-order chi connectivity index (χ0) is 13.2. The molecule has 0 aromatic heterocycles. The number of fused-ring (bicyclic) bond motifs is 1. The van der Waals surface area contributed by atoms with Crippen molar-refractivity contribution in [3.63, 3.8) is 0 Å². The van der Waals surface area contributed by atoms with Crippen LogP contribution in [0.1, 0.15) is 34.3 Å². The Morgan fingerprint density at radius 3 is 3.05 bits per heavy atom. The average molecular weight is 260 g/mol. The molecule has 102 valence electrons. The highest BCUT2D eigenvalue weighted by atomic mass is 16.3. The standard InChI is InChI=1S/C15H20N2O2/c18-14(11-2-3-11)9-17-15(19)12-4-1-10-5-6-16-8-13(10)7-12/h1,4,7,11,14,16,18H,2-3,5-6,8-9H2,(H,17,19). The van der Waals surface area contributed by atoms with Crippen LogP contribution in [0, 0.1) is 5.92 Å². The second-order valence-corrected chi connectivity index (χ2v) is 5.53. The van der Waals surface area contributed by atoms with E-state index < -0.39 is 0 Å². The normalized spacial score (nSPS) is 19.6. The molecule has 0 bridgehead atoms. The maximum atomic E-state index is 12.0. The lowest BCUT2D eigenvalue weighted by Gasteiger charge is -2.18. The Morgan fingerprint density at radius 2 is 2.26 bits per heavy atom. The van der Waals surface area contributed by atoms with Gasteiger partial charge in [-0.2, -0.15) is 0 Å². The minimum absolute atomic E-state index is 0.0897. The van der Waals surface area contributed by atoms with Crippen LogP contribution in [-0.4, -0.2) is 30.2 Å². The molecule has 0 radical (unpaired) electrons. The predicted octanol–water partition coefficient (Wildman–Crippen LogP) is 0.833. The summed E-state index contributed by atoms with van der Waals surface area (Å²) in [4.78, 5) is 12.0. The van der Waals surface area contributed by atoms with Crippen molar-refractivity contribution >= 4 is 5.91 Å². The lowest BCUT2D eigenvalue weighted by molar-refractivity contribution is 0.0901. The molecule has 1 aliphatic heterocycles. The second kappa shape index (κ2) is 5.31. The molecule has 1 aliphatic carbocycles. The van der Waals surface area contributed by atoms with Gasteiger partial charge < -0.3 is 15.7 Å². The van der Waals surface area contributed by atoms with Gasteiger partial charge in [-0.05, 0) is 55.0 Å². The van der Waals surface area contributed by atoms with Crippen LogP contribution in [0.3, 0.4) is 0 Å². The minimum Gasteiger partial charge on any atom is -0.391 e. The summed E-state index contributed by atoms with van der Waals surface area (Å²) in [5.41, 5.74) is 3.22. The number of rotatable bonds is 4. The topological polar surface area (TPSA) is 61.4 Å². The van der Waals surface area contributed by atoms with E-state index >= 15 is 0 Å². The minimum atomic E-state index is -0.386. The van der Waals surface area contributed by atoms with Crippen LogP contribution in [0.15, 0.2) is 18.2 Å². The molecule has 1 fully saturated rings. The van der Waals surface area contributed by atoms with Gasteiger partial charge in [0.05, 0.1) is 6.10 Å². The molecule has 1 atom stereocenters. The lowest BCUT2D eigenvalue weighted by Crippen LogP contribution is -2.33. The summed E-state index contributed by atoms with van der Waals surface area (Å²) in [7, 11) is 0. The van der Waals surface area contributed by atoms with Crippen molar-refractivity contribution in [1.82, 2.24) is 10.6 Å². The van der Waals surface area contributed by atoms with Crippen molar-refractivity contribution in [3.05, 3.63) is 34.9 Å². The van der Waals surface area contributed by atoms with Gasteiger partial charge in [0.25, 0.3) is 5.91 Å².